The fourth-order valence-corrected chi connectivity index (χ4v) is 1.55. The molecule has 0 aliphatic carbocycles. The van der Waals surface area contributed by atoms with Gasteiger partial charge in [0, 0.05) is 30.0 Å². The van der Waals surface area contributed by atoms with Crippen molar-refractivity contribution in [2.24, 2.45) is 5.73 Å². The smallest absolute Gasteiger partial charge is 0.244 e. The summed E-state index contributed by atoms with van der Waals surface area (Å²) in [6.07, 6.45) is 3.86. The molecule has 0 saturated carbocycles. The normalized spacial score (nSPS) is 10.0. The molecule has 0 unspecified atom stereocenters. The van der Waals surface area contributed by atoms with E-state index in [2.05, 4.69) is 16.5 Å². The fourth-order valence-electron chi connectivity index (χ4n) is 1.55. The lowest BCUT2D eigenvalue weighted by Crippen LogP contribution is -2.14. The van der Waals surface area contributed by atoms with E-state index in [1.165, 1.54) is 0 Å². The summed E-state index contributed by atoms with van der Waals surface area (Å²) in [5, 5.41) is 0. The number of aromatic nitrogens is 2. The molecule has 1 aromatic carbocycles. The third-order valence-corrected chi connectivity index (χ3v) is 2.54. The Hall–Kier alpha value is -2.49. The summed E-state index contributed by atoms with van der Waals surface area (Å²) in [6, 6.07) is 9.44. The summed E-state index contributed by atoms with van der Waals surface area (Å²) in [7, 11) is 0. The zero-order valence-corrected chi connectivity index (χ0v) is 9.84. The van der Waals surface area contributed by atoms with Crippen LogP contribution in [-0.2, 0) is 11.2 Å². The molecule has 90 valence electrons. The van der Waals surface area contributed by atoms with E-state index in [0.29, 0.717) is 17.8 Å². The molecular weight excluding hydrogens is 226 g/mol. The zero-order valence-electron chi connectivity index (χ0n) is 9.84. The van der Waals surface area contributed by atoms with Gasteiger partial charge in [0.1, 0.15) is 0 Å². The van der Waals surface area contributed by atoms with Gasteiger partial charge in [-0.15, -0.1) is 0 Å². The van der Waals surface area contributed by atoms with Crippen LogP contribution < -0.4 is 5.73 Å². The van der Waals surface area contributed by atoms with Crippen LogP contribution in [0.3, 0.4) is 0 Å². The average Bonchev–Trinajstić information content (AvgIpc) is 2.40. The lowest BCUT2D eigenvalue weighted by atomic mass is 10.0. The molecule has 0 atom stereocenters. The number of rotatable bonds is 4. The number of nitrogens with zero attached hydrogens (tertiary/aromatic N) is 2. The molecule has 2 N–H and O–H groups in total. The molecule has 2 rings (SSSR count). The van der Waals surface area contributed by atoms with E-state index < -0.39 is 5.91 Å². The first-order chi connectivity index (χ1) is 8.66. The maximum atomic E-state index is 10.9. The predicted octanol–water partition coefficient (Wildman–Crippen LogP) is 1.73. The largest absolute Gasteiger partial charge is 0.366 e. The Balaban J connectivity index is 2.16. The number of benzene rings is 1. The van der Waals surface area contributed by atoms with Crippen LogP contribution in [0.15, 0.2) is 54.9 Å². The number of carbonyl (C=O) groups excluding carboxylic acids is 1. The molecule has 1 heterocycles. The molecule has 0 bridgehead atoms. The first-order valence-corrected chi connectivity index (χ1v) is 5.51. The Kier molecular flexibility index (Phi) is 3.48. The van der Waals surface area contributed by atoms with E-state index in [-0.39, 0.29) is 0 Å². The zero-order chi connectivity index (χ0) is 13.0. The molecule has 2 aromatic rings. The van der Waals surface area contributed by atoms with Gasteiger partial charge in [0.25, 0.3) is 0 Å². The topological polar surface area (TPSA) is 68.9 Å². The van der Waals surface area contributed by atoms with Crippen molar-refractivity contribution in [3.8, 4) is 11.4 Å². The molecule has 0 aliphatic rings. The minimum absolute atomic E-state index is 0.402. The van der Waals surface area contributed by atoms with Gasteiger partial charge in [0.2, 0.25) is 5.91 Å². The van der Waals surface area contributed by atoms with E-state index in [9.17, 15) is 4.79 Å². The van der Waals surface area contributed by atoms with Gasteiger partial charge in [-0.05, 0) is 11.6 Å². The highest BCUT2D eigenvalue weighted by molar-refractivity contribution is 5.91. The van der Waals surface area contributed by atoms with Gasteiger partial charge >= 0.3 is 0 Å². The Morgan fingerprint density at radius 1 is 1.17 bits per heavy atom. The van der Waals surface area contributed by atoms with Gasteiger partial charge in [-0.1, -0.05) is 30.8 Å². The Morgan fingerprint density at radius 2 is 1.78 bits per heavy atom. The highest BCUT2D eigenvalue weighted by Gasteiger charge is 2.04. The van der Waals surface area contributed by atoms with E-state index in [4.69, 9.17) is 5.73 Å². The average molecular weight is 239 g/mol. The lowest BCUT2D eigenvalue weighted by molar-refractivity contribution is -0.114. The summed E-state index contributed by atoms with van der Waals surface area (Å²) < 4.78 is 0. The summed E-state index contributed by atoms with van der Waals surface area (Å²) in [5.41, 5.74) is 7.47. The molecule has 0 aliphatic heterocycles. The van der Waals surface area contributed by atoms with Crippen molar-refractivity contribution < 1.29 is 4.79 Å². The summed E-state index contributed by atoms with van der Waals surface area (Å²) in [4.78, 5) is 19.2. The van der Waals surface area contributed by atoms with Crippen molar-refractivity contribution in [2.75, 3.05) is 0 Å². The van der Waals surface area contributed by atoms with E-state index >= 15 is 0 Å². The monoisotopic (exact) mass is 239 g/mol. The number of amides is 1. The first-order valence-electron chi connectivity index (χ1n) is 5.51. The van der Waals surface area contributed by atoms with Crippen molar-refractivity contribution in [1.82, 2.24) is 9.97 Å². The molecule has 1 amide bonds. The second kappa shape index (κ2) is 5.23. The third-order valence-electron chi connectivity index (χ3n) is 2.54. The molecule has 0 fully saturated rings. The fraction of sp³-hybridized carbons (Fsp3) is 0.0714. The highest BCUT2D eigenvalue weighted by Crippen LogP contribution is 2.16. The quantitative estimate of drug-likeness (QED) is 0.826. The van der Waals surface area contributed by atoms with Crippen LogP contribution in [0, 0.1) is 0 Å². The van der Waals surface area contributed by atoms with E-state index in [1.54, 1.807) is 18.5 Å². The Bertz CT molecular complexity index is 561. The summed E-state index contributed by atoms with van der Waals surface area (Å²) >= 11 is 0. The van der Waals surface area contributed by atoms with Gasteiger partial charge in [-0.2, -0.15) is 0 Å². The van der Waals surface area contributed by atoms with Gasteiger partial charge in [-0.3, -0.25) is 4.79 Å². The summed E-state index contributed by atoms with van der Waals surface area (Å²) in [6.45, 7) is 3.63. The van der Waals surface area contributed by atoms with Crippen molar-refractivity contribution >= 4 is 5.91 Å². The van der Waals surface area contributed by atoms with Gasteiger partial charge in [-0.25, -0.2) is 9.97 Å². The number of nitrogens with two attached hydrogens (primary N) is 1. The number of hydrogen-bond donors (Lipinski definition) is 1. The third kappa shape index (κ3) is 2.79. The van der Waals surface area contributed by atoms with Crippen molar-refractivity contribution in [1.29, 1.82) is 0 Å². The standard InChI is InChI=1S/C14H13N3O/c1-10(13(15)18)9-11-3-5-12(6-4-11)14-16-7-2-8-17-14/h2-8H,1,9H2,(H2,15,18). The summed E-state index contributed by atoms with van der Waals surface area (Å²) in [5.74, 6) is 0.211. The van der Waals surface area contributed by atoms with Crippen LogP contribution in [0.1, 0.15) is 5.56 Å². The first kappa shape index (κ1) is 12.0. The molecule has 1 aromatic heterocycles. The SMILES string of the molecule is C=C(Cc1ccc(-c2ncccn2)cc1)C(N)=O. The highest BCUT2D eigenvalue weighted by atomic mass is 16.1. The maximum Gasteiger partial charge on any atom is 0.244 e. The van der Waals surface area contributed by atoms with E-state index in [1.807, 2.05) is 24.3 Å². The van der Waals surface area contributed by atoms with Crippen molar-refractivity contribution in [2.45, 2.75) is 6.42 Å². The number of primary amides is 1. The second-order valence-electron chi connectivity index (χ2n) is 3.91. The molecule has 0 radical (unpaired) electrons. The van der Waals surface area contributed by atoms with Crippen LogP contribution >= 0.6 is 0 Å². The predicted molar refractivity (Wildman–Crippen MR) is 69.5 cm³/mol. The Morgan fingerprint density at radius 3 is 2.33 bits per heavy atom. The van der Waals surface area contributed by atoms with E-state index in [0.717, 1.165) is 11.1 Å². The van der Waals surface area contributed by atoms with Crippen LogP contribution in [0.2, 0.25) is 0 Å². The van der Waals surface area contributed by atoms with Crippen LogP contribution in [0.4, 0.5) is 0 Å². The second-order valence-corrected chi connectivity index (χ2v) is 3.91. The van der Waals surface area contributed by atoms with Crippen LogP contribution in [0.25, 0.3) is 11.4 Å². The molecule has 0 saturated heterocycles. The van der Waals surface area contributed by atoms with Crippen LogP contribution in [0.5, 0.6) is 0 Å². The van der Waals surface area contributed by atoms with Gasteiger partial charge in [0.15, 0.2) is 5.82 Å². The number of carbonyl (C=O) groups is 1. The molecule has 4 heteroatoms. The van der Waals surface area contributed by atoms with Gasteiger partial charge in [0.05, 0.1) is 0 Å². The van der Waals surface area contributed by atoms with Crippen molar-refractivity contribution in [3.63, 3.8) is 0 Å². The van der Waals surface area contributed by atoms with Gasteiger partial charge < -0.3 is 5.73 Å². The lowest BCUT2D eigenvalue weighted by Gasteiger charge is -2.03. The minimum atomic E-state index is -0.467. The molecular formula is C14H13N3O. The molecule has 4 nitrogen and oxygen atoms in total. The van der Waals surface area contributed by atoms with Crippen molar-refractivity contribution in [3.05, 3.63) is 60.4 Å². The number of hydrogen-bond acceptors (Lipinski definition) is 3. The molecule has 0 spiro atoms. The minimum Gasteiger partial charge on any atom is -0.366 e. The maximum absolute atomic E-state index is 10.9. The molecule has 18 heavy (non-hydrogen) atoms. The van der Waals surface area contributed by atoms with Crippen LogP contribution in [-0.4, -0.2) is 15.9 Å². The Labute approximate surface area is 105 Å².